The Bertz CT molecular complexity index is 905. The fraction of sp³-hybridized carbons (Fsp3) is 0.188. The van der Waals surface area contributed by atoms with Gasteiger partial charge in [0.05, 0.1) is 19.0 Å². The van der Waals surface area contributed by atoms with Gasteiger partial charge in [-0.1, -0.05) is 0 Å². The van der Waals surface area contributed by atoms with Crippen molar-refractivity contribution in [3.63, 3.8) is 0 Å². The van der Waals surface area contributed by atoms with Gasteiger partial charge < -0.3 is 9.73 Å². The molecule has 2 heterocycles. The van der Waals surface area contributed by atoms with Gasteiger partial charge in [0, 0.05) is 30.4 Å². The number of hydrogen-bond donors (Lipinski definition) is 2. The zero-order valence-corrected chi connectivity index (χ0v) is 13.4. The van der Waals surface area contributed by atoms with Gasteiger partial charge in [0.1, 0.15) is 0 Å². The number of carbonyl (C=O) groups is 1. The highest BCUT2D eigenvalue weighted by Gasteiger charge is 2.08. The Morgan fingerprint density at radius 2 is 2.04 bits per heavy atom. The minimum Gasteiger partial charge on any atom is -0.421 e. The average Bonchev–Trinajstić information content (AvgIpc) is 3.22. The molecule has 0 spiro atoms. The van der Waals surface area contributed by atoms with Crippen molar-refractivity contribution in [2.75, 3.05) is 10.6 Å². The van der Waals surface area contributed by atoms with Gasteiger partial charge >= 0.3 is 6.03 Å². The predicted octanol–water partition coefficient (Wildman–Crippen LogP) is 2.80. The lowest BCUT2D eigenvalue weighted by Gasteiger charge is -2.06. The first kappa shape index (κ1) is 16.2. The minimum absolute atomic E-state index is 0.360. The van der Waals surface area contributed by atoms with Crippen LogP contribution >= 0.6 is 0 Å². The predicted molar refractivity (Wildman–Crippen MR) is 89.6 cm³/mol. The van der Waals surface area contributed by atoms with Crippen LogP contribution in [0, 0.1) is 18.3 Å². The first-order valence-corrected chi connectivity index (χ1v) is 7.53. The van der Waals surface area contributed by atoms with E-state index in [0.717, 1.165) is 5.56 Å². The van der Waals surface area contributed by atoms with Crippen LogP contribution in [0.1, 0.15) is 12.3 Å². The van der Waals surface area contributed by atoms with E-state index in [0.29, 0.717) is 36.3 Å². The number of aromatic nitrogens is 4. The van der Waals surface area contributed by atoms with Crippen LogP contribution in [0.4, 0.5) is 16.3 Å². The number of hydrogen-bond acceptors (Lipinski definition) is 6. The Morgan fingerprint density at radius 1 is 1.24 bits per heavy atom. The van der Waals surface area contributed by atoms with Crippen LogP contribution in [0.15, 0.2) is 40.9 Å². The Balaban J connectivity index is 1.57. The molecule has 3 rings (SSSR count). The summed E-state index contributed by atoms with van der Waals surface area (Å²) in [6.07, 6.45) is 2.06. The maximum Gasteiger partial charge on any atom is 0.324 e. The molecule has 2 amide bonds. The molecule has 126 valence electrons. The fourth-order valence-corrected chi connectivity index (χ4v) is 2.11. The molecular formula is C16H15N7O2. The molecule has 25 heavy (non-hydrogen) atoms. The highest BCUT2D eigenvalue weighted by Crippen LogP contribution is 2.20. The molecule has 0 unspecified atom stereocenters. The van der Waals surface area contributed by atoms with Gasteiger partial charge in [-0.3, -0.25) is 10.00 Å². The second-order valence-corrected chi connectivity index (χ2v) is 5.15. The molecule has 2 aromatic heterocycles. The fourth-order valence-electron chi connectivity index (χ4n) is 2.11. The molecule has 0 fully saturated rings. The van der Waals surface area contributed by atoms with Crippen LogP contribution < -0.4 is 10.6 Å². The summed E-state index contributed by atoms with van der Waals surface area (Å²) in [4.78, 5) is 12.0. The lowest BCUT2D eigenvalue weighted by atomic mass is 10.2. The van der Waals surface area contributed by atoms with E-state index in [4.69, 9.17) is 9.68 Å². The number of nitriles is 1. The van der Waals surface area contributed by atoms with E-state index in [1.54, 1.807) is 48.1 Å². The molecule has 0 atom stereocenters. The summed E-state index contributed by atoms with van der Waals surface area (Å²) in [6.45, 7) is 2.20. The minimum atomic E-state index is -0.410. The van der Waals surface area contributed by atoms with Crippen molar-refractivity contribution in [2.45, 2.75) is 19.9 Å². The Labute approximate surface area is 143 Å². The lowest BCUT2D eigenvalue weighted by Crippen LogP contribution is -2.19. The van der Waals surface area contributed by atoms with E-state index in [1.807, 2.05) is 6.07 Å². The lowest BCUT2D eigenvalue weighted by molar-refractivity contribution is 0.262. The molecule has 0 bridgehead atoms. The normalized spacial score (nSPS) is 10.2. The molecule has 0 aliphatic carbocycles. The SMILES string of the molecule is Cc1nnc(-c2ccc(NC(=O)Nc3ccn(CCC#N)n3)cc2)o1. The third-order valence-electron chi connectivity index (χ3n) is 3.25. The van der Waals surface area contributed by atoms with Crippen LogP contribution in [-0.4, -0.2) is 26.0 Å². The standard InChI is InChI=1S/C16H15N7O2/c1-11-20-21-15(25-11)12-3-5-13(6-4-12)18-16(24)19-14-7-10-23(22-14)9-2-8-17/h3-7,10H,2,9H2,1H3,(H2,18,19,22,24). The van der Waals surface area contributed by atoms with Crippen molar-refractivity contribution in [1.82, 2.24) is 20.0 Å². The van der Waals surface area contributed by atoms with Crippen molar-refractivity contribution in [1.29, 1.82) is 5.26 Å². The van der Waals surface area contributed by atoms with Gasteiger partial charge in [-0.25, -0.2) is 4.79 Å². The van der Waals surface area contributed by atoms with Gasteiger partial charge in [0.25, 0.3) is 0 Å². The summed E-state index contributed by atoms with van der Waals surface area (Å²) in [7, 11) is 0. The summed E-state index contributed by atoms with van der Waals surface area (Å²) in [5, 5.41) is 25.8. The molecule has 0 saturated heterocycles. The van der Waals surface area contributed by atoms with E-state index in [-0.39, 0.29) is 0 Å². The number of rotatable bonds is 5. The molecule has 1 aromatic carbocycles. The molecule has 0 saturated carbocycles. The zero-order valence-electron chi connectivity index (χ0n) is 13.4. The second kappa shape index (κ2) is 7.27. The molecule has 9 heteroatoms. The van der Waals surface area contributed by atoms with E-state index in [1.165, 1.54) is 0 Å². The number of nitrogens with one attached hydrogen (secondary N) is 2. The first-order valence-electron chi connectivity index (χ1n) is 7.53. The van der Waals surface area contributed by atoms with Crippen LogP contribution in [0.3, 0.4) is 0 Å². The number of benzene rings is 1. The summed E-state index contributed by atoms with van der Waals surface area (Å²) in [6, 6.07) is 10.3. The maximum absolute atomic E-state index is 12.0. The highest BCUT2D eigenvalue weighted by molar-refractivity contribution is 5.99. The largest absolute Gasteiger partial charge is 0.421 e. The summed E-state index contributed by atoms with van der Waals surface area (Å²) in [5.74, 6) is 1.33. The average molecular weight is 337 g/mol. The Kier molecular flexibility index (Phi) is 4.71. The van der Waals surface area contributed by atoms with Crippen LogP contribution in [0.25, 0.3) is 11.5 Å². The summed E-state index contributed by atoms with van der Waals surface area (Å²) < 4.78 is 6.94. The molecule has 2 N–H and O–H groups in total. The monoisotopic (exact) mass is 337 g/mol. The zero-order chi connectivity index (χ0) is 17.6. The third kappa shape index (κ3) is 4.20. The molecule has 9 nitrogen and oxygen atoms in total. The summed E-state index contributed by atoms with van der Waals surface area (Å²) >= 11 is 0. The molecule has 0 radical (unpaired) electrons. The quantitative estimate of drug-likeness (QED) is 0.738. The number of urea groups is 1. The van der Waals surface area contributed by atoms with Crippen LogP contribution in [0.2, 0.25) is 0 Å². The van der Waals surface area contributed by atoms with E-state index >= 15 is 0 Å². The van der Waals surface area contributed by atoms with Crippen LogP contribution in [0.5, 0.6) is 0 Å². The topological polar surface area (TPSA) is 122 Å². The van der Waals surface area contributed by atoms with Gasteiger partial charge in [-0.15, -0.1) is 10.2 Å². The van der Waals surface area contributed by atoms with E-state index in [2.05, 4.69) is 25.9 Å². The Hall–Kier alpha value is -3.67. The smallest absolute Gasteiger partial charge is 0.324 e. The molecular weight excluding hydrogens is 322 g/mol. The van der Waals surface area contributed by atoms with E-state index in [9.17, 15) is 4.79 Å². The number of carbonyl (C=O) groups excluding carboxylic acids is 1. The van der Waals surface area contributed by atoms with Crippen LogP contribution in [-0.2, 0) is 6.54 Å². The third-order valence-corrected chi connectivity index (χ3v) is 3.25. The van der Waals surface area contributed by atoms with Crippen molar-refractivity contribution < 1.29 is 9.21 Å². The first-order chi connectivity index (χ1) is 12.1. The van der Waals surface area contributed by atoms with Crippen molar-refractivity contribution in [2.24, 2.45) is 0 Å². The van der Waals surface area contributed by atoms with Gasteiger partial charge in [-0.2, -0.15) is 10.4 Å². The Morgan fingerprint density at radius 3 is 2.72 bits per heavy atom. The maximum atomic E-state index is 12.0. The number of aryl methyl sites for hydroxylation is 2. The molecule has 0 aliphatic heterocycles. The second-order valence-electron chi connectivity index (χ2n) is 5.15. The van der Waals surface area contributed by atoms with Gasteiger partial charge in [-0.05, 0) is 24.3 Å². The molecule has 3 aromatic rings. The number of anilines is 2. The van der Waals surface area contributed by atoms with Crippen molar-refractivity contribution in [3.05, 3.63) is 42.4 Å². The number of amides is 2. The molecule has 0 aliphatic rings. The highest BCUT2D eigenvalue weighted by atomic mass is 16.4. The number of nitrogens with zero attached hydrogens (tertiary/aromatic N) is 5. The summed E-state index contributed by atoms with van der Waals surface area (Å²) in [5.41, 5.74) is 1.38. The van der Waals surface area contributed by atoms with E-state index < -0.39 is 6.03 Å². The van der Waals surface area contributed by atoms with Gasteiger partial charge in [0.15, 0.2) is 5.82 Å². The van der Waals surface area contributed by atoms with Gasteiger partial charge in [0.2, 0.25) is 11.8 Å². The van der Waals surface area contributed by atoms with Crippen molar-refractivity contribution in [3.8, 4) is 17.5 Å². The van der Waals surface area contributed by atoms with Crippen molar-refractivity contribution >= 4 is 17.5 Å².